The molecule has 9 heteroatoms. The van der Waals surface area contributed by atoms with Crippen LogP contribution in [-0.2, 0) is 12.7 Å². The van der Waals surface area contributed by atoms with E-state index in [1.165, 1.54) is 17.2 Å². The summed E-state index contributed by atoms with van der Waals surface area (Å²) in [5.41, 5.74) is -0.104. The van der Waals surface area contributed by atoms with E-state index in [0.29, 0.717) is 18.9 Å². The molecule has 0 aliphatic carbocycles. The third kappa shape index (κ3) is 3.61. The molecule has 126 valence electrons. The molecule has 0 aromatic carbocycles. The van der Waals surface area contributed by atoms with Gasteiger partial charge in [0.25, 0.3) is 0 Å². The average Bonchev–Trinajstić information content (AvgIpc) is 3.01. The molecule has 3 aromatic heterocycles. The lowest BCUT2D eigenvalue weighted by molar-refractivity contribution is -0.141. The second-order valence-electron chi connectivity index (χ2n) is 5.52. The van der Waals surface area contributed by atoms with Crippen molar-refractivity contribution in [2.45, 2.75) is 19.6 Å². The summed E-state index contributed by atoms with van der Waals surface area (Å²) in [5, 5.41) is 7.54. The van der Waals surface area contributed by atoms with Crippen LogP contribution in [0.5, 0.6) is 0 Å². The van der Waals surface area contributed by atoms with Crippen molar-refractivity contribution in [3.63, 3.8) is 0 Å². The summed E-state index contributed by atoms with van der Waals surface area (Å²) >= 11 is 0. The highest BCUT2D eigenvalue weighted by molar-refractivity contribution is 5.87. The summed E-state index contributed by atoms with van der Waals surface area (Å²) in [6, 6.07) is 2.76. The first-order chi connectivity index (χ1) is 11.4. The Hall–Kier alpha value is -2.71. The summed E-state index contributed by atoms with van der Waals surface area (Å²) in [4.78, 5) is 12.4. The first kappa shape index (κ1) is 16.2. The number of nitrogens with zero attached hydrogens (tertiary/aromatic N) is 5. The van der Waals surface area contributed by atoms with Crippen LogP contribution in [0.4, 0.5) is 19.0 Å². The first-order valence-corrected chi connectivity index (χ1v) is 7.33. The zero-order valence-corrected chi connectivity index (χ0v) is 12.8. The van der Waals surface area contributed by atoms with Crippen molar-refractivity contribution in [1.29, 1.82) is 0 Å². The van der Waals surface area contributed by atoms with Gasteiger partial charge in [-0.25, -0.2) is 9.97 Å². The van der Waals surface area contributed by atoms with Crippen molar-refractivity contribution < 1.29 is 13.2 Å². The van der Waals surface area contributed by atoms with Crippen LogP contribution >= 0.6 is 0 Å². The minimum Gasteiger partial charge on any atom is -0.369 e. The van der Waals surface area contributed by atoms with Gasteiger partial charge in [0, 0.05) is 31.7 Å². The van der Waals surface area contributed by atoms with Gasteiger partial charge in [0.15, 0.2) is 5.69 Å². The standard InChI is InChI=1S/C15H15F3N6/c1-10(8-24-5-3-13(23-24)15(16,17)18)6-20-14-11-7-19-4-2-12(11)21-9-22-14/h2-5,7,9-10H,6,8H2,1H3,(H,20,21,22). The molecule has 3 aromatic rings. The molecule has 3 rings (SSSR count). The number of rotatable bonds is 5. The van der Waals surface area contributed by atoms with Gasteiger partial charge in [-0.2, -0.15) is 18.3 Å². The van der Waals surface area contributed by atoms with Gasteiger partial charge in [0.05, 0.1) is 10.9 Å². The summed E-state index contributed by atoms with van der Waals surface area (Å²) in [5.74, 6) is 0.698. The van der Waals surface area contributed by atoms with E-state index in [1.54, 1.807) is 18.5 Å². The van der Waals surface area contributed by atoms with Gasteiger partial charge < -0.3 is 5.32 Å². The van der Waals surface area contributed by atoms with Gasteiger partial charge >= 0.3 is 6.18 Å². The highest BCUT2D eigenvalue weighted by Gasteiger charge is 2.33. The Morgan fingerprint density at radius 3 is 2.83 bits per heavy atom. The van der Waals surface area contributed by atoms with Crippen LogP contribution in [0.25, 0.3) is 10.9 Å². The number of aromatic nitrogens is 5. The molecule has 3 heterocycles. The highest BCUT2D eigenvalue weighted by atomic mass is 19.4. The molecule has 0 amide bonds. The SMILES string of the molecule is CC(CNc1ncnc2ccncc12)Cn1ccc(C(F)(F)F)n1. The summed E-state index contributed by atoms with van der Waals surface area (Å²) in [7, 11) is 0. The summed E-state index contributed by atoms with van der Waals surface area (Å²) in [6.45, 7) is 2.82. The number of pyridine rings is 1. The second kappa shape index (κ2) is 6.42. The van der Waals surface area contributed by atoms with E-state index in [4.69, 9.17) is 0 Å². The Morgan fingerprint density at radius 1 is 1.25 bits per heavy atom. The number of fused-ring (bicyclic) bond motifs is 1. The Bertz CT molecular complexity index is 824. The van der Waals surface area contributed by atoms with Crippen LogP contribution in [0.3, 0.4) is 0 Å². The molecular formula is C15H15F3N6. The predicted octanol–water partition coefficient (Wildman–Crippen LogP) is 2.99. The first-order valence-electron chi connectivity index (χ1n) is 7.33. The highest BCUT2D eigenvalue weighted by Crippen LogP contribution is 2.27. The van der Waals surface area contributed by atoms with E-state index in [9.17, 15) is 13.2 Å². The molecule has 0 saturated carbocycles. The zero-order chi connectivity index (χ0) is 17.2. The molecule has 1 atom stereocenters. The molecule has 0 fully saturated rings. The van der Waals surface area contributed by atoms with Gasteiger partial charge in [0.1, 0.15) is 12.1 Å². The van der Waals surface area contributed by atoms with Crippen LogP contribution < -0.4 is 5.32 Å². The molecule has 0 saturated heterocycles. The van der Waals surface area contributed by atoms with E-state index in [-0.39, 0.29) is 5.92 Å². The second-order valence-corrected chi connectivity index (χ2v) is 5.52. The molecule has 0 bridgehead atoms. The molecule has 24 heavy (non-hydrogen) atoms. The molecule has 1 N–H and O–H groups in total. The van der Waals surface area contributed by atoms with E-state index in [0.717, 1.165) is 17.0 Å². The Kier molecular flexibility index (Phi) is 4.32. The van der Waals surface area contributed by atoms with Crippen LogP contribution in [-0.4, -0.2) is 31.3 Å². The molecular weight excluding hydrogens is 321 g/mol. The van der Waals surface area contributed by atoms with Gasteiger partial charge in [-0.05, 0) is 18.1 Å². The van der Waals surface area contributed by atoms with Crippen LogP contribution in [0.1, 0.15) is 12.6 Å². The number of halogens is 3. The average molecular weight is 336 g/mol. The van der Waals surface area contributed by atoms with Gasteiger partial charge in [-0.3, -0.25) is 9.67 Å². The van der Waals surface area contributed by atoms with Crippen LogP contribution in [0.2, 0.25) is 0 Å². The number of alkyl halides is 3. The van der Waals surface area contributed by atoms with Crippen molar-refractivity contribution >= 4 is 16.7 Å². The summed E-state index contributed by atoms with van der Waals surface area (Å²) in [6.07, 6.45) is 1.70. The molecule has 0 radical (unpaired) electrons. The fourth-order valence-electron chi connectivity index (χ4n) is 2.31. The maximum absolute atomic E-state index is 12.5. The van der Waals surface area contributed by atoms with Crippen molar-refractivity contribution in [1.82, 2.24) is 24.7 Å². The molecule has 1 unspecified atom stereocenters. The number of nitrogens with one attached hydrogen (secondary N) is 1. The molecule has 0 aliphatic rings. The maximum Gasteiger partial charge on any atom is 0.435 e. The predicted molar refractivity (Wildman–Crippen MR) is 82.2 cm³/mol. The Labute approximate surface area is 135 Å². The fourth-order valence-corrected chi connectivity index (χ4v) is 2.31. The number of hydrogen-bond donors (Lipinski definition) is 1. The van der Waals surface area contributed by atoms with E-state index in [2.05, 4.69) is 25.4 Å². The monoisotopic (exact) mass is 336 g/mol. The maximum atomic E-state index is 12.5. The fraction of sp³-hybridized carbons (Fsp3) is 0.333. The largest absolute Gasteiger partial charge is 0.435 e. The lowest BCUT2D eigenvalue weighted by atomic mass is 10.2. The summed E-state index contributed by atoms with van der Waals surface area (Å²) < 4.78 is 38.9. The molecule has 6 nitrogen and oxygen atoms in total. The molecule has 0 spiro atoms. The van der Waals surface area contributed by atoms with Crippen molar-refractivity contribution in [2.24, 2.45) is 5.92 Å². The minimum atomic E-state index is -4.42. The topological polar surface area (TPSA) is 68.5 Å². The number of hydrogen-bond acceptors (Lipinski definition) is 5. The van der Waals surface area contributed by atoms with Crippen molar-refractivity contribution in [3.05, 3.63) is 42.7 Å². The minimum absolute atomic E-state index is 0.0488. The van der Waals surface area contributed by atoms with E-state index in [1.807, 2.05) is 6.92 Å². The van der Waals surface area contributed by atoms with Crippen molar-refractivity contribution in [3.8, 4) is 0 Å². The lowest BCUT2D eigenvalue weighted by Crippen LogP contribution is -2.18. The quantitative estimate of drug-likeness (QED) is 0.776. The van der Waals surface area contributed by atoms with Gasteiger partial charge in [0.2, 0.25) is 0 Å². The Morgan fingerprint density at radius 2 is 2.08 bits per heavy atom. The van der Waals surface area contributed by atoms with E-state index < -0.39 is 11.9 Å². The van der Waals surface area contributed by atoms with Gasteiger partial charge in [-0.15, -0.1) is 0 Å². The van der Waals surface area contributed by atoms with Gasteiger partial charge in [-0.1, -0.05) is 6.92 Å². The number of anilines is 1. The van der Waals surface area contributed by atoms with Crippen molar-refractivity contribution in [2.75, 3.05) is 11.9 Å². The Balaban J connectivity index is 1.63. The van der Waals surface area contributed by atoms with Crippen LogP contribution in [0.15, 0.2) is 37.1 Å². The third-order valence-corrected chi connectivity index (χ3v) is 3.48. The zero-order valence-electron chi connectivity index (χ0n) is 12.8. The normalized spacial score (nSPS) is 13.2. The molecule has 0 aliphatic heterocycles. The smallest absolute Gasteiger partial charge is 0.369 e. The lowest BCUT2D eigenvalue weighted by Gasteiger charge is -2.14. The van der Waals surface area contributed by atoms with Crippen LogP contribution in [0, 0.1) is 5.92 Å². The third-order valence-electron chi connectivity index (χ3n) is 3.48. The van der Waals surface area contributed by atoms with E-state index >= 15 is 0 Å².